The highest BCUT2D eigenvalue weighted by Crippen LogP contribution is 2.14. The molecule has 5 nitrogen and oxygen atoms in total. The number of nitrogens with one attached hydrogen (secondary N) is 1. The number of aromatic nitrogens is 1. The van der Waals surface area contributed by atoms with E-state index >= 15 is 0 Å². The van der Waals surface area contributed by atoms with Gasteiger partial charge in [0.1, 0.15) is 11.5 Å². The van der Waals surface area contributed by atoms with E-state index in [1.807, 2.05) is 37.3 Å². The number of nitrogens with two attached hydrogens (primary N) is 1. The van der Waals surface area contributed by atoms with Gasteiger partial charge in [-0.25, -0.2) is 0 Å². The molecule has 2 aromatic rings. The van der Waals surface area contributed by atoms with Crippen molar-refractivity contribution in [3.05, 3.63) is 53.4 Å². The number of benzene rings is 1. The Morgan fingerprint density at radius 1 is 1.42 bits per heavy atom. The summed E-state index contributed by atoms with van der Waals surface area (Å²) in [5.74, 6) is 0.284. The van der Waals surface area contributed by atoms with Crippen LogP contribution in [0.25, 0.3) is 0 Å². The van der Waals surface area contributed by atoms with E-state index < -0.39 is 0 Å². The van der Waals surface area contributed by atoms with Crippen molar-refractivity contribution in [2.24, 2.45) is 5.73 Å². The van der Waals surface area contributed by atoms with E-state index in [0.717, 1.165) is 11.3 Å². The van der Waals surface area contributed by atoms with Crippen molar-refractivity contribution in [2.75, 3.05) is 6.54 Å². The van der Waals surface area contributed by atoms with E-state index in [4.69, 9.17) is 10.3 Å². The van der Waals surface area contributed by atoms with Gasteiger partial charge in [0.15, 0.2) is 0 Å². The molecule has 1 aromatic heterocycles. The lowest BCUT2D eigenvalue weighted by Crippen LogP contribution is -2.33. The van der Waals surface area contributed by atoms with Crippen molar-refractivity contribution in [3.63, 3.8) is 0 Å². The van der Waals surface area contributed by atoms with Crippen LogP contribution in [0.15, 0.2) is 40.9 Å². The minimum Gasteiger partial charge on any atom is -0.361 e. The van der Waals surface area contributed by atoms with E-state index in [0.29, 0.717) is 12.2 Å². The second-order valence-electron chi connectivity index (χ2n) is 4.35. The standard InChI is InChI=1S/C14H17N3O2/c1-10-7-12(17-19-10)9-16-14(18)13(8-15)11-5-3-2-4-6-11/h2-7,13H,8-9,15H2,1H3,(H,16,18). The van der Waals surface area contributed by atoms with Gasteiger partial charge in [0.25, 0.3) is 0 Å². The summed E-state index contributed by atoms with van der Waals surface area (Å²) in [6.45, 7) is 2.43. The zero-order chi connectivity index (χ0) is 13.7. The molecule has 0 aliphatic rings. The monoisotopic (exact) mass is 259 g/mol. The first-order valence-electron chi connectivity index (χ1n) is 6.15. The van der Waals surface area contributed by atoms with E-state index in [1.165, 1.54) is 0 Å². The number of rotatable bonds is 5. The van der Waals surface area contributed by atoms with Gasteiger partial charge in [-0.05, 0) is 12.5 Å². The molecule has 3 N–H and O–H groups in total. The second kappa shape index (κ2) is 6.15. The molecule has 100 valence electrons. The Balaban J connectivity index is 1.98. The molecule has 0 spiro atoms. The van der Waals surface area contributed by atoms with Crippen LogP contribution in [0.5, 0.6) is 0 Å². The van der Waals surface area contributed by atoms with Gasteiger partial charge in [-0.1, -0.05) is 35.5 Å². The Kier molecular flexibility index (Phi) is 4.30. The molecule has 1 atom stereocenters. The number of nitrogens with zero attached hydrogens (tertiary/aromatic N) is 1. The summed E-state index contributed by atoms with van der Waals surface area (Å²) < 4.78 is 4.94. The number of hydrogen-bond donors (Lipinski definition) is 2. The first-order valence-corrected chi connectivity index (χ1v) is 6.15. The van der Waals surface area contributed by atoms with Crippen LogP contribution < -0.4 is 11.1 Å². The minimum atomic E-state index is -0.339. The Morgan fingerprint density at radius 2 is 2.16 bits per heavy atom. The Labute approximate surface area is 111 Å². The predicted molar refractivity (Wildman–Crippen MR) is 71.3 cm³/mol. The SMILES string of the molecule is Cc1cc(CNC(=O)C(CN)c2ccccc2)no1. The van der Waals surface area contributed by atoms with Crippen LogP contribution in [-0.4, -0.2) is 17.6 Å². The van der Waals surface area contributed by atoms with E-state index in [9.17, 15) is 4.79 Å². The van der Waals surface area contributed by atoms with Gasteiger partial charge in [0, 0.05) is 12.6 Å². The summed E-state index contributed by atoms with van der Waals surface area (Å²) in [4.78, 5) is 12.1. The number of aryl methyl sites for hydroxylation is 1. The molecule has 1 heterocycles. The zero-order valence-electron chi connectivity index (χ0n) is 10.8. The second-order valence-corrected chi connectivity index (χ2v) is 4.35. The average molecular weight is 259 g/mol. The first-order chi connectivity index (χ1) is 9.20. The first kappa shape index (κ1) is 13.3. The van der Waals surface area contributed by atoms with Crippen LogP contribution in [0.4, 0.5) is 0 Å². The molecule has 19 heavy (non-hydrogen) atoms. The summed E-state index contributed by atoms with van der Waals surface area (Å²) in [5.41, 5.74) is 7.30. The molecule has 0 bridgehead atoms. The summed E-state index contributed by atoms with van der Waals surface area (Å²) in [7, 11) is 0. The molecule has 1 unspecified atom stereocenters. The van der Waals surface area contributed by atoms with Crippen molar-refractivity contribution < 1.29 is 9.32 Å². The fourth-order valence-corrected chi connectivity index (χ4v) is 1.88. The van der Waals surface area contributed by atoms with Crippen molar-refractivity contribution in [3.8, 4) is 0 Å². The lowest BCUT2D eigenvalue weighted by Gasteiger charge is -2.14. The zero-order valence-corrected chi connectivity index (χ0v) is 10.8. The molecule has 0 radical (unpaired) electrons. The maximum absolute atomic E-state index is 12.1. The van der Waals surface area contributed by atoms with Gasteiger partial charge in [0.05, 0.1) is 12.5 Å². The molecule has 2 rings (SSSR count). The molecule has 0 aliphatic carbocycles. The lowest BCUT2D eigenvalue weighted by atomic mass is 9.98. The van der Waals surface area contributed by atoms with Gasteiger partial charge < -0.3 is 15.6 Å². The third-order valence-electron chi connectivity index (χ3n) is 2.87. The third kappa shape index (κ3) is 3.42. The van der Waals surface area contributed by atoms with Gasteiger partial charge in [-0.15, -0.1) is 0 Å². The number of carbonyl (C=O) groups is 1. The van der Waals surface area contributed by atoms with Crippen molar-refractivity contribution in [2.45, 2.75) is 19.4 Å². The Morgan fingerprint density at radius 3 is 2.74 bits per heavy atom. The largest absolute Gasteiger partial charge is 0.361 e. The van der Waals surface area contributed by atoms with E-state index in [1.54, 1.807) is 6.07 Å². The Bertz CT molecular complexity index is 537. The van der Waals surface area contributed by atoms with Crippen molar-refractivity contribution >= 4 is 5.91 Å². The average Bonchev–Trinajstić information content (AvgIpc) is 2.84. The molecule has 0 aliphatic heterocycles. The predicted octanol–water partition coefficient (Wildman–Crippen LogP) is 1.34. The molecule has 0 fully saturated rings. The van der Waals surface area contributed by atoms with E-state index in [-0.39, 0.29) is 18.4 Å². The molecular formula is C14H17N3O2. The summed E-state index contributed by atoms with van der Waals surface area (Å²) in [6.07, 6.45) is 0. The summed E-state index contributed by atoms with van der Waals surface area (Å²) in [5, 5.41) is 6.65. The summed E-state index contributed by atoms with van der Waals surface area (Å²) >= 11 is 0. The molecule has 0 saturated heterocycles. The molecule has 5 heteroatoms. The minimum absolute atomic E-state index is 0.102. The smallest absolute Gasteiger partial charge is 0.229 e. The molecule has 0 saturated carbocycles. The number of amides is 1. The Hall–Kier alpha value is -2.14. The quantitative estimate of drug-likeness (QED) is 0.849. The van der Waals surface area contributed by atoms with Crippen LogP contribution in [0.2, 0.25) is 0 Å². The third-order valence-corrected chi connectivity index (χ3v) is 2.87. The van der Waals surface area contributed by atoms with Crippen molar-refractivity contribution in [1.82, 2.24) is 10.5 Å². The van der Waals surface area contributed by atoms with Crippen LogP contribution in [0.1, 0.15) is 22.9 Å². The lowest BCUT2D eigenvalue weighted by molar-refractivity contribution is -0.122. The van der Waals surface area contributed by atoms with Crippen molar-refractivity contribution in [1.29, 1.82) is 0 Å². The molecular weight excluding hydrogens is 242 g/mol. The van der Waals surface area contributed by atoms with Gasteiger partial charge in [-0.2, -0.15) is 0 Å². The summed E-state index contributed by atoms with van der Waals surface area (Å²) in [6, 6.07) is 11.3. The number of hydrogen-bond acceptors (Lipinski definition) is 4. The van der Waals surface area contributed by atoms with Gasteiger partial charge >= 0.3 is 0 Å². The highest BCUT2D eigenvalue weighted by molar-refractivity contribution is 5.83. The maximum atomic E-state index is 12.1. The van der Waals surface area contributed by atoms with E-state index in [2.05, 4.69) is 10.5 Å². The molecule has 1 amide bonds. The normalized spacial score (nSPS) is 12.1. The fourth-order valence-electron chi connectivity index (χ4n) is 1.88. The van der Waals surface area contributed by atoms with Gasteiger partial charge in [0.2, 0.25) is 5.91 Å². The topological polar surface area (TPSA) is 81.2 Å². The van der Waals surface area contributed by atoms with Gasteiger partial charge in [-0.3, -0.25) is 4.79 Å². The van der Waals surface area contributed by atoms with Crippen LogP contribution in [0, 0.1) is 6.92 Å². The molecule has 1 aromatic carbocycles. The highest BCUT2D eigenvalue weighted by Gasteiger charge is 2.18. The highest BCUT2D eigenvalue weighted by atomic mass is 16.5. The van der Waals surface area contributed by atoms with Crippen LogP contribution in [0.3, 0.4) is 0 Å². The fraction of sp³-hybridized carbons (Fsp3) is 0.286. The van der Waals surface area contributed by atoms with Crippen LogP contribution in [-0.2, 0) is 11.3 Å². The van der Waals surface area contributed by atoms with Crippen LogP contribution >= 0.6 is 0 Å². The number of carbonyl (C=O) groups excluding carboxylic acids is 1. The maximum Gasteiger partial charge on any atom is 0.229 e.